The van der Waals surface area contributed by atoms with Crippen molar-refractivity contribution in [2.45, 2.75) is 0 Å². The van der Waals surface area contributed by atoms with Crippen LogP contribution >= 0.6 is 0 Å². The summed E-state index contributed by atoms with van der Waals surface area (Å²) < 4.78 is 10.0. The largest absolute Gasteiger partial charge is 0.478 e. The van der Waals surface area contributed by atoms with Crippen LogP contribution in [0, 0.1) is 0 Å². The van der Waals surface area contributed by atoms with Gasteiger partial charge in [0.1, 0.15) is 11.5 Å². The average molecular weight is 331 g/mol. The molecule has 2 aromatic rings. The number of carbonyl (C=O) groups excluding carboxylic acids is 1. The van der Waals surface area contributed by atoms with Crippen molar-refractivity contribution in [2.75, 3.05) is 12.8 Å². The molecule has 0 saturated heterocycles. The summed E-state index contributed by atoms with van der Waals surface area (Å²) in [5.74, 6) is -3.03. The van der Waals surface area contributed by atoms with Gasteiger partial charge in [0, 0.05) is 0 Å². The molecule has 0 atom stereocenters. The standard InChI is InChI=1S/C16H13NO7/c1-23-16(22)8-2-3-13(12(17)7-8)24-11-5-9(14(18)19)4-10(6-11)15(20)21/h2-7H,17H2,1H3,(H,18,19)(H,20,21). The van der Waals surface area contributed by atoms with Gasteiger partial charge in [-0.1, -0.05) is 0 Å². The summed E-state index contributed by atoms with van der Waals surface area (Å²) in [6.07, 6.45) is 0. The van der Waals surface area contributed by atoms with E-state index in [1.54, 1.807) is 0 Å². The summed E-state index contributed by atoms with van der Waals surface area (Å²) in [4.78, 5) is 33.6. The Balaban J connectivity index is 2.39. The first kappa shape index (κ1) is 16.8. The quantitative estimate of drug-likeness (QED) is 0.560. The fourth-order valence-corrected chi connectivity index (χ4v) is 1.92. The van der Waals surface area contributed by atoms with Gasteiger partial charge in [0.05, 0.1) is 29.5 Å². The molecular weight excluding hydrogens is 318 g/mol. The topological polar surface area (TPSA) is 136 Å². The molecule has 4 N–H and O–H groups in total. The fourth-order valence-electron chi connectivity index (χ4n) is 1.92. The first-order valence-electron chi connectivity index (χ1n) is 6.59. The molecule has 0 aromatic heterocycles. The number of nitrogens with two attached hydrogens (primary N) is 1. The van der Waals surface area contributed by atoms with Crippen molar-refractivity contribution in [3.05, 3.63) is 53.1 Å². The number of hydrogen-bond donors (Lipinski definition) is 3. The van der Waals surface area contributed by atoms with Crippen LogP contribution in [0.1, 0.15) is 31.1 Å². The summed E-state index contributed by atoms with van der Waals surface area (Å²) in [6.45, 7) is 0. The SMILES string of the molecule is COC(=O)c1ccc(Oc2cc(C(=O)O)cc(C(=O)O)c2)c(N)c1. The van der Waals surface area contributed by atoms with E-state index in [1.165, 1.54) is 37.4 Å². The first-order valence-corrected chi connectivity index (χ1v) is 6.59. The number of methoxy groups -OCH3 is 1. The Hall–Kier alpha value is -3.55. The Bertz CT molecular complexity index is 797. The highest BCUT2D eigenvalue weighted by atomic mass is 16.5. The van der Waals surface area contributed by atoms with Crippen molar-refractivity contribution in [3.8, 4) is 11.5 Å². The zero-order valence-electron chi connectivity index (χ0n) is 12.5. The zero-order valence-corrected chi connectivity index (χ0v) is 12.5. The maximum atomic E-state index is 11.4. The molecule has 0 fully saturated rings. The van der Waals surface area contributed by atoms with Crippen molar-refractivity contribution in [3.63, 3.8) is 0 Å². The van der Waals surface area contributed by atoms with Crippen molar-refractivity contribution < 1.29 is 34.1 Å². The number of carboxylic acid groups (broad SMARTS) is 2. The van der Waals surface area contributed by atoms with Gasteiger partial charge < -0.3 is 25.4 Å². The zero-order chi connectivity index (χ0) is 17.9. The minimum atomic E-state index is -1.29. The molecule has 0 amide bonds. The molecule has 0 saturated carbocycles. The van der Waals surface area contributed by atoms with Crippen LogP contribution in [-0.4, -0.2) is 35.2 Å². The van der Waals surface area contributed by atoms with Gasteiger partial charge in [-0.25, -0.2) is 14.4 Å². The van der Waals surface area contributed by atoms with E-state index in [1.807, 2.05) is 0 Å². The number of rotatable bonds is 5. The molecule has 0 unspecified atom stereocenters. The predicted octanol–water partition coefficient (Wildman–Crippen LogP) is 2.24. The van der Waals surface area contributed by atoms with Crippen molar-refractivity contribution >= 4 is 23.6 Å². The number of ether oxygens (including phenoxy) is 2. The number of aromatic carboxylic acids is 2. The van der Waals surface area contributed by atoms with Gasteiger partial charge in [-0.2, -0.15) is 0 Å². The second kappa shape index (κ2) is 6.69. The van der Waals surface area contributed by atoms with Gasteiger partial charge in [0.15, 0.2) is 0 Å². The van der Waals surface area contributed by atoms with Gasteiger partial charge >= 0.3 is 17.9 Å². The highest BCUT2D eigenvalue weighted by molar-refractivity contribution is 5.94. The molecule has 8 nitrogen and oxygen atoms in total. The van der Waals surface area contributed by atoms with Crippen LogP contribution in [0.2, 0.25) is 0 Å². The van der Waals surface area contributed by atoms with Crippen LogP contribution < -0.4 is 10.5 Å². The lowest BCUT2D eigenvalue weighted by atomic mass is 10.1. The minimum Gasteiger partial charge on any atom is -0.478 e. The van der Waals surface area contributed by atoms with Crippen LogP contribution in [0.5, 0.6) is 11.5 Å². The van der Waals surface area contributed by atoms with E-state index in [4.69, 9.17) is 20.7 Å². The van der Waals surface area contributed by atoms with E-state index in [0.29, 0.717) is 0 Å². The third kappa shape index (κ3) is 3.61. The Kier molecular flexibility index (Phi) is 4.69. The summed E-state index contributed by atoms with van der Waals surface area (Å²) in [6, 6.07) is 7.50. The van der Waals surface area contributed by atoms with Gasteiger partial charge in [-0.05, 0) is 36.4 Å². The van der Waals surface area contributed by atoms with Crippen molar-refractivity contribution in [1.29, 1.82) is 0 Å². The van der Waals surface area contributed by atoms with Crippen molar-refractivity contribution in [2.24, 2.45) is 0 Å². The fraction of sp³-hybridized carbons (Fsp3) is 0.0625. The van der Waals surface area contributed by atoms with Crippen LogP contribution in [0.15, 0.2) is 36.4 Å². The van der Waals surface area contributed by atoms with E-state index in [2.05, 4.69) is 4.74 Å². The number of anilines is 1. The van der Waals surface area contributed by atoms with Crippen LogP contribution in [0.4, 0.5) is 5.69 Å². The van der Waals surface area contributed by atoms with Crippen LogP contribution in [0.3, 0.4) is 0 Å². The van der Waals surface area contributed by atoms with E-state index in [9.17, 15) is 14.4 Å². The number of benzene rings is 2. The second-order valence-corrected chi connectivity index (χ2v) is 4.70. The molecule has 24 heavy (non-hydrogen) atoms. The molecule has 0 bridgehead atoms. The molecule has 0 spiro atoms. The molecular formula is C16H13NO7. The van der Waals surface area contributed by atoms with Gasteiger partial charge in [0.25, 0.3) is 0 Å². The minimum absolute atomic E-state index is 0.00943. The molecule has 124 valence electrons. The monoisotopic (exact) mass is 331 g/mol. The van der Waals surface area contributed by atoms with Gasteiger partial charge in [-0.3, -0.25) is 0 Å². The summed E-state index contributed by atoms with van der Waals surface area (Å²) in [5, 5.41) is 18.1. The van der Waals surface area contributed by atoms with E-state index in [0.717, 1.165) is 6.07 Å². The molecule has 0 heterocycles. The number of carbonyl (C=O) groups is 3. The third-order valence-corrected chi connectivity index (χ3v) is 3.06. The normalized spacial score (nSPS) is 10.0. The van der Waals surface area contributed by atoms with Crippen LogP contribution in [0.25, 0.3) is 0 Å². The average Bonchev–Trinajstić information content (AvgIpc) is 2.55. The lowest BCUT2D eigenvalue weighted by Crippen LogP contribution is -2.04. The first-order chi connectivity index (χ1) is 11.3. The van der Waals surface area contributed by atoms with Crippen molar-refractivity contribution in [1.82, 2.24) is 0 Å². The van der Waals surface area contributed by atoms with E-state index < -0.39 is 17.9 Å². The smallest absolute Gasteiger partial charge is 0.337 e. The number of hydrogen-bond acceptors (Lipinski definition) is 6. The molecule has 0 aliphatic heterocycles. The molecule has 0 radical (unpaired) electrons. The van der Waals surface area contributed by atoms with Crippen LogP contribution in [-0.2, 0) is 4.74 Å². The van der Waals surface area contributed by atoms with Gasteiger partial charge in [-0.15, -0.1) is 0 Å². The van der Waals surface area contributed by atoms with E-state index in [-0.39, 0.29) is 33.9 Å². The predicted molar refractivity (Wildman–Crippen MR) is 82.6 cm³/mol. The Labute approximate surface area is 136 Å². The Morgan fingerprint density at radius 2 is 1.50 bits per heavy atom. The number of carboxylic acids is 2. The highest BCUT2D eigenvalue weighted by Gasteiger charge is 2.14. The molecule has 2 aromatic carbocycles. The van der Waals surface area contributed by atoms with Gasteiger partial charge in [0.2, 0.25) is 0 Å². The lowest BCUT2D eigenvalue weighted by Gasteiger charge is -2.11. The summed E-state index contributed by atoms with van der Waals surface area (Å²) in [7, 11) is 1.23. The molecule has 0 aliphatic carbocycles. The maximum Gasteiger partial charge on any atom is 0.337 e. The highest BCUT2D eigenvalue weighted by Crippen LogP contribution is 2.30. The Morgan fingerprint density at radius 3 is 1.96 bits per heavy atom. The van der Waals surface area contributed by atoms with E-state index >= 15 is 0 Å². The number of nitrogen functional groups attached to an aromatic ring is 1. The number of esters is 1. The molecule has 2 rings (SSSR count). The summed E-state index contributed by atoms with van der Waals surface area (Å²) >= 11 is 0. The third-order valence-electron chi connectivity index (χ3n) is 3.06. The molecule has 0 aliphatic rings. The second-order valence-electron chi connectivity index (χ2n) is 4.70. The Morgan fingerprint density at radius 1 is 0.917 bits per heavy atom. The summed E-state index contributed by atoms with van der Waals surface area (Å²) in [5.41, 5.74) is 5.63. The molecule has 8 heteroatoms. The lowest BCUT2D eigenvalue weighted by molar-refractivity contribution is 0.0599. The maximum absolute atomic E-state index is 11.4.